The number of fused-ring (bicyclic) bond motifs is 3. The van der Waals surface area contributed by atoms with Crippen LogP contribution in [0, 0.1) is 0 Å². The number of anilines is 4. The van der Waals surface area contributed by atoms with Crippen molar-refractivity contribution in [1.29, 1.82) is 0 Å². The van der Waals surface area contributed by atoms with Crippen molar-refractivity contribution in [2.45, 2.75) is 51.6 Å². The molecule has 5 amide bonds. The quantitative estimate of drug-likeness (QED) is 0.0761. The van der Waals surface area contributed by atoms with Crippen LogP contribution in [0.4, 0.5) is 28.6 Å². The van der Waals surface area contributed by atoms with E-state index in [9.17, 15) is 24.0 Å². The minimum Gasteiger partial charge on any atom is -0.493 e. The zero-order valence-corrected chi connectivity index (χ0v) is 37.2. The van der Waals surface area contributed by atoms with Crippen LogP contribution in [0.3, 0.4) is 0 Å². The summed E-state index contributed by atoms with van der Waals surface area (Å²) in [5.41, 5.74) is 4.37. The molecule has 1 aromatic carbocycles. The van der Waals surface area contributed by atoms with Crippen molar-refractivity contribution in [2.24, 2.45) is 26.1 Å². The number of carbonyl (C=O) groups excluding carboxylic acids is 5. The Morgan fingerprint density at radius 2 is 1.52 bits per heavy atom. The zero-order chi connectivity index (χ0) is 46.3. The average molecular weight is 883 g/mol. The standard InChI is InChI=1S/C46H50N12O7/c1-26-14-31-21-47-33-19-37(36(64-8)18-32(33)45(63)57(31)22-26)65-13-9-10-39(59)52-38-25-56(7)41(53-38)44(62)51-30-17-35(55(6)24-30)43(61)50-29-16-34(54(5)23-29)42(60)49-28-15-27-11-12-58(46(2,3)4)40(27)48-20-28/h11-12,15-21,23-25,31H,1,9-10,13-14,22H2,2-8H3,(H,49,60)(H,50,61)(H,51,62)(H,52,59)/t31-/m0/s1. The van der Waals surface area contributed by atoms with Crippen molar-refractivity contribution in [1.82, 2.24) is 33.1 Å². The van der Waals surface area contributed by atoms with Gasteiger partial charge < -0.3 is 53.9 Å². The molecule has 6 aromatic rings. The third-order valence-corrected chi connectivity index (χ3v) is 11.1. The first kappa shape index (κ1) is 43.7. The SMILES string of the molecule is C=C1C[C@H]2C=Nc3cc(OCCCC(=O)Nc4cn(C)c(C(=O)Nc5cc(C(=O)Nc6cc(C(=O)Nc7cnc8c(ccn8C(C)(C)C)c7)n(C)c6)n(C)c5)n4)c(OC)cc3C(=O)N2C1. The molecule has 7 heterocycles. The summed E-state index contributed by atoms with van der Waals surface area (Å²) in [6.45, 7) is 11.0. The topological polar surface area (TPSA) is 213 Å². The fraction of sp³-hybridized carbons (Fsp3) is 0.304. The van der Waals surface area contributed by atoms with E-state index >= 15 is 0 Å². The minimum atomic E-state index is -0.564. The number of rotatable bonds is 13. The number of aliphatic imine (C=N–C) groups is 1. The molecule has 19 nitrogen and oxygen atoms in total. The van der Waals surface area contributed by atoms with E-state index in [2.05, 4.69) is 68.1 Å². The smallest absolute Gasteiger partial charge is 0.291 e. The van der Waals surface area contributed by atoms with Gasteiger partial charge in [-0.2, -0.15) is 0 Å². The lowest BCUT2D eigenvalue weighted by Gasteiger charge is -2.21. The summed E-state index contributed by atoms with van der Waals surface area (Å²) >= 11 is 0. The highest BCUT2D eigenvalue weighted by atomic mass is 16.5. The predicted octanol–water partition coefficient (Wildman–Crippen LogP) is 6.25. The number of nitrogens with zero attached hydrogens (tertiary/aromatic N) is 8. The van der Waals surface area contributed by atoms with E-state index in [1.807, 2.05) is 18.3 Å². The van der Waals surface area contributed by atoms with Crippen molar-refractivity contribution >= 4 is 75.4 Å². The molecule has 336 valence electrons. The van der Waals surface area contributed by atoms with Crippen LogP contribution < -0.4 is 30.7 Å². The Kier molecular flexibility index (Phi) is 11.6. The van der Waals surface area contributed by atoms with Crippen LogP contribution in [0.1, 0.15) is 82.0 Å². The Bertz CT molecular complexity index is 2940. The second kappa shape index (κ2) is 17.3. The number of hydrogen-bond donors (Lipinski definition) is 4. The first-order chi connectivity index (χ1) is 30.9. The summed E-state index contributed by atoms with van der Waals surface area (Å²) in [5, 5.41) is 12.1. The fourth-order valence-electron chi connectivity index (χ4n) is 7.89. The maximum atomic E-state index is 13.4. The molecule has 65 heavy (non-hydrogen) atoms. The molecule has 0 radical (unpaired) electrons. The number of amides is 5. The van der Waals surface area contributed by atoms with Crippen LogP contribution in [0.25, 0.3) is 11.0 Å². The monoisotopic (exact) mass is 882 g/mol. The van der Waals surface area contributed by atoms with Gasteiger partial charge in [0.2, 0.25) is 11.7 Å². The molecule has 5 aromatic heterocycles. The van der Waals surface area contributed by atoms with E-state index in [0.717, 1.165) is 16.6 Å². The van der Waals surface area contributed by atoms with Crippen LogP contribution in [-0.4, -0.2) is 95.2 Å². The molecule has 2 aliphatic rings. The van der Waals surface area contributed by atoms with Crippen LogP contribution in [0.15, 0.2) is 84.5 Å². The molecule has 1 atom stereocenters. The van der Waals surface area contributed by atoms with Gasteiger partial charge in [0.15, 0.2) is 17.3 Å². The molecule has 0 saturated carbocycles. The molecular formula is C46H50N12O7. The molecule has 0 aliphatic carbocycles. The van der Waals surface area contributed by atoms with Gasteiger partial charge in [-0.1, -0.05) is 12.2 Å². The number of imidazole rings is 1. The lowest BCUT2D eigenvalue weighted by Crippen LogP contribution is -2.35. The number of ether oxygens (including phenoxy) is 2. The van der Waals surface area contributed by atoms with Gasteiger partial charge >= 0.3 is 0 Å². The average Bonchev–Trinajstić information content (AvgIpc) is 4.08. The van der Waals surface area contributed by atoms with Crippen molar-refractivity contribution in [2.75, 3.05) is 41.5 Å². The lowest BCUT2D eigenvalue weighted by atomic mass is 10.1. The minimum absolute atomic E-state index is 0.0226. The highest BCUT2D eigenvalue weighted by molar-refractivity contribution is 6.08. The lowest BCUT2D eigenvalue weighted by molar-refractivity contribution is -0.116. The van der Waals surface area contributed by atoms with E-state index in [4.69, 9.17) is 9.47 Å². The van der Waals surface area contributed by atoms with E-state index < -0.39 is 11.8 Å². The highest BCUT2D eigenvalue weighted by Crippen LogP contribution is 2.38. The van der Waals surface area contributed by atoms with E-state index in [-0.39, 0.29) is 59.7 Å². The first-order valence-electron chi connectivity index (χ1n) is 20.9. The third-order valence-electron chi connectivity index (χ3n) is 11.1. The summed E-state index contributed by atoms with van der Waals surface area (Å²) in [4.78, 5) is 81.3. The number of benzene rings is 1. The number of nitrogens with one attached hydrogen (secondary N) is 4. The molecule has 0 unspecified atom stereocenters. The van der Waals surface area contributed by atoms with Gasteiger partial charge in [-0.05, 0) is 63.9 Å². The van der Waals surface area contributed by atoms with Gasteiger partial charge in [-0.25, -0.2) is 9.97 Å². The van der Waals surface area contributed by atoms with E-state index in [1.54, 1.807) is 78.2 Å². The molecule has 19 heteroatoms. The van der Waals surface area contributed by atoms with Crippen molar-refractivity contribution in [3.8, 4) is 11.5 Å². The predicted molar refractivity (Wildman–Crippen MR) is 246 cm³/mol. The molecular weight excluding hydrogens is 833 g/mol. The van der Waals surface area contributed by atoms with Gasteiger partial charge in [-0.3, -0.25) is 29.0 Å². The van der Waals surface area contributed by atoms with Crippen LogP contribution in [0.5, 0.6) is 11.5 Å². The van der Waals surface area contributed by atoms with Gasteiger partial charge in [0.05, 0.1) is 54.3 Å². The number of hydrogen-bond acceptors (Lipinski definition) is 10. The maximum Gasteiger partial charge on any atom is 0.291 e. The molecule has 1 saturated heterocycles. The van der Waals surface area contributed by atoms with Gasteiger partial charge in [0, 0.05) is 82.1 Å². The second-order valence-electron chi connectivity index (χ2n) is 17.1. The number of aryl methyl sites for hydroxylation is 3. The van der Waals surface area contributed by atoms with Crippen molar-refractivity contribution in [3.63, 3.8) is 0 Å². The van der Waals surface area contributed by atoms with Crippen LogP contribution in [-0.2, 0) is 31.5 Å². The van der Waals surface area contributed by atoms with Crippen LogP contribution in [0.2, 0.25) is 0 Å². The summed E-state index contributed by atoms with van der Waals surface area (Å²) in [5.74, 6) is -0.909. The van der Waals surface area contributed by atoms with Gasteiger partial charge in [0.25, 0.3) is 23.6 Å². The molecule has 0 bridgehead atoms. The summed E-state index contributed by atoms with van der Waals surface area (Å²) in [6.07, 6.45) is 11.2. The van der Waals surface area contributed by atoms with E-state index in [0.29, 0.717) is 64.9 Å². The second-order valence-corrected chi connectivity index (χ2v) is 17.1. The number of pyridine rings is 1. The molecule has 1 fully saturated rings. The van der Waals surface area contributed by atoms with Crippen molar-refractivity contribution < 1.29 is 33.4 Å². The Hall–Kier alpha value is -7.96. The normalized spacial score (nSPS) is 14.5. The number of aromatic nitrogens is 6. The Morgan fingerprint density at radius 1 is 0.846 bits per heavy atom. The molecule has 0 spiro atoms. The van der Waals surface area contributed by atoms with Crippen LogP contribution >= 0.6 is 0 Å². The summed E-state index contributed by atoms with van der Waals surface area (Å²) in [6, 6.07) is 10.1. The molecule has 4 N–H and O–H groups in total. The Morgan fingerprint density at radius 3 is 2.20 bits per heavy atom. The van der Waals surface area contributed by atoms with Crippen molar-refractivity contribution in [3.05, 3.63) is 102 Å². The largest absolute Gasteiger partial charge is 0.493 e. The summed E-state index contributed by atoms with van der Waals surface area (Å²) in [7, 11) is 6.48. The Balaban J connectivity index is 0.822. The third kappa shape index (κ3) is 9.11. The molecule has 8 rings (SSSR count). The number of methoxy groups -OCH3 is 1. The van der Waals surface area contributed by atoms with Gasteiger partial charge in [-0.15, -0.1) is 0 Å². The highest BCUT2D eigenvalue weighted by Gasteiger charge is 2.34. The number of carbonyl (C=O) groups is 5. The van der Waals surface area contributed by atoms with Gasteiger partial charge in [0.1, 0.15) is 17.0 Å². The summed E-state index contributed by atoms with van der Waals surface area (Å²) < 4.78 is 18.2. The Labute approximate surface area is 374 Å². The maximum absolute atomic E-state index is 13.4. The zero-order valence-electron chi connectivity index (χ0n) is 37.2. The van der Waals surface area contributed by atoms with E-state index in [1.165, 1.54) is 23.9 Å². The first-order valence-corrected chi connectivity index (χ1v) is 20.9. The fourth-order valence-corrected chi connectivity index (χ4v) is 7.89. The molecule has 2 aliphatic heterocycles.